The van der Waals surface area contributed by atoms with Gasteiger partial charge in [0.2, 0.25) is 5.91 Å². The van der Waals surface area contributed by atoms with Gasteiger partial charge in [-0.1, -0.05) is 52.0 Å². The average Bonchev–Trinajstić information content (AvgIpc) is 3.19. The highest BCUT2D eigenvalue weighted by Gasteiger charge is 2.50. The molecule has 2 saturated heterocycles. The number of imide groups is 1. The summed E-state index contributed by atoms with van der Waals surface area (Å²) in [4.78, 5) is 41.8. The van der Waals surface area contributed by atoms with Crippen LogP contribution in [0.1, 0.15) is 65.5 Å². The van der Waals surface area contributed by atoms with Crippen molar-refractivity contribution in [3.8, 4) is 0 Å². The van der Waals surface area contributed by atoms with Gasteiger partial charge >= 0.3 is 6.03 Å². The van der Waals surface area contributed by atoms with Gasteiger partial charge in [0.15, 0.2) is 9.84 Å². The van der Waals surface area contributed by atoms with Crippen LogP contribution in [0.25, 0.3) is 0 Å². The van der Waals surface area contributed by atoms with Crippen LogP contribution in [0.5, 0.6) is 0 Å². The third kappa shape index (κ3) is 4.93. The highest BCUT2D eigenvalue weighted by Crippen LogP contribution is 2.31. The van der Waals surface area contributed by atoms with Crippen LogP contribution in [0, 0.1) is 0 Å². The molecule has 2 heterocycles. The van der Waals surface area contributed by atoms with Crippen molar-refractivity contribution in [1.82, 2.24) is 15.1 Å². The Labute approximate surface area is 196 Å². The van der Waals surface area contributed by atoms with E-state index in [1.54, 1.807) is 11.8 Å². The zero-order valence-corrected chi connectivity index (χ0v) is 21.2. The maximum atomic E-state index is 13.3. The maximum absolute atomic E-state index is 13.3. The Morgan fingerprint density at radius 2 is 1.85 bits per heavy atom. The molecule has 0 aliphatic carbocycles. The molecular weight excluding hydrogens is 442 g/mol. The zero-order chi connectivity index (χ0) is 24.8. The maximum Gasteiger partial charge on any atom is 0.325 e. The van der Waals surface area contributed by atoms with Crippen molar-refractivity contribution in [3.05, 3.63) is 35.4 Å². The quantitative estimate of drug-likeness (QED) is 0.634. The summed E-state index contributed by atoms with van der Waals surface area (Å²) in [7, 11) is -3.19. The smallest absolute Gasteiger partial charge is 0.325 e. The highest BCUT2D eigenvalue weighted by atomic mass is 32.2. The molecule has 3 atom stereocenters. The second kappa shape index (κ2) is 8.74. The Balaban J connectivity index is 1.81. The van der Waals surface area contributed by atoms with Crippen LogP contribution in [0.15, 0.2) is 24.3 Å². The monoisotopic (exact) mass is 477 g/mol. The fourth-order valence-electron chi connectivity index (χ4n) is 4.56. The molecular formula is C24H35N3O5S. The summed E-state index contributed by atoms with van der Waals surface area (Å²) in [6.07, 6.45) is 1.01. The molecule has 3 rings (SSSR count). The second-order valence-electron chi connectivity index (χ2n) is 10.4. The van der Waals surface area contributed by atoms with Gasteiger partial charge in [0.05, 0.1) is 11.5 Å². The standard InChI is InChI=1S/C24H35N3O5S/c1-7-16(2)27(19-12-13-33(31,32)15-19)20(28)14-26-21(29)24(6,25-22(26)30)18-10-8-17(9-11-18)23(3,4)5/h8-11,16,19H,7,12-15H2,1-6H3,(H,25,30)/t16-,19-,24+/m1/s1. The van der Waals surface area contributed by atoms with E-state index < -0.39 is 45.8 Å². The molecule has 0 aromatic heterocycles. The molecule has 0 unspecified atom stereocenters. The predicted octanol–water partition coefficient (Wildman–Crippen LogP) is 2.57. The van der Waals surface area contributed by atoms with Crippen molar-refractivity contribution >= 4 is 27.7 Å². The second-order valence-corrected chi connectivity index (χ2v) is 12.6. The number of hydrogen-bond donors (Lipinski definition) is 1. The molecule has 0 saturated carbocycles. The number of amides is 4. The van der Waals surface area contributed by atoms with Crippen LogP contribution in [0.3, 0.4) is 0 Å². The Kier molecular flexibility index (Phi) is 6.68. The molecule has 0 spiro atoms. The third-order valence-electron chi connectivity index (χ3n) is 6.85. The minimum Gasteiger partial charge on any atom is -0.334 e. The molecule has 0 bridgehead atoms. The summed E-state index contributed by atoms with van der Waals surface area (Å²) in [6, 6.07) is 6.29. The summed E-state index contributed by atoms with van der Waals surface area (Å²) in [5.74, 6) is -0.945. The SMILES string of the molecule is CC[C@@H](C)N(C(=O)CN1C(=O)N[C@@](C)(c2ccc(C(C)(C)C)cc2)C1=O)[C@@H]1CCS(=O)(=O)C1. The van der Waals surface area contributed by atoms with Crippen molar-refractivity contribution in [2.24, 2.45) is 0 Å². The molecule has 2 aliphatic rings. The summed E-state index contributed by atoms with van der Waals surface area (Å²) < 4.78 is 24.0. The Morgan fingerprint density at radius 1 is 1.24 bits per heavy atom. The summed E-state index contributed by atoms with van der Waals surface area (Å²) >= 11 is 0. The van der Waals surface area contributed by atoms with Crippen molar-refractivity contribution < 1.29 is 22.8 Å². The van der Waals surface area contributed by atoms with Gasteiger partial charge < -0.3 is 10.2 Å². The number of carbonyl (C=O) groups is 3. The van der Waals surface area contributed by atoms with Crippen LogP contribution >= 0.6 is 0 Å². The number of nitrogens with one attached hydrogen (secondary N) is 1. The van der Waals surface area contributed by atoms with Crippen LogP contribution in [0.2, 0.25) is 0 Å². The van der Waals surface area contributed by atoms with Gasteiger partial charge in [-0.05, 0) is 43.2 Å². The first-order valence-corrected chi connectivity index (χ1v) is 13.3. The number of hydrogen-bond acceptors (Lipinski definition) is 5. The molecule has 1 N–H and O–H groups in total. The van der Waals surface area contributed by atoms with E-state index in [4.69, 9.17) is 0 Å². The van der Waals surface area contributed by atoms with Gasteiger partial charge in [-0.3, -0.25) is 14.5 Å². The van der Waals surface area contributed by atoms with Gasteiger partial charge in [0, 0.05) is 12.1 Å². The molecule has 8 nitrogen and oxygen atoms in total. The van der Waals surface area contributed by atoms with Crippen molar-refractivity contribution in [3.63, 3.8) is 0 Å². The Hall–Kier alpha value is -2.42. The van der Waals surface area contributed by atoms with E-state index >= 15 is 0 Å². The summed E-state index contributed by atoms with van der Waals surface area (Å²) in [5, 5.41) is 2.75. The summed E-state index contributed by atoms with van der Waals surface area (Å²) in [5.41, 5.74) is 0.429. The lowest BCUT2D eigenvalue weighted by Crippen LogP contribution is -2.51. The average molecular weight is 478 g/mol. The van der Waals surface area contributed by atoms with E-state index in [0.29, 0.717) is 18.4 Å². The van der Waals surface area contributed by atoms with Crippen LogP contribution in [0.4, 0.5) is 4.79 Å². The number of rotatable bonds is 6. The number of sulfone groups is 1. The molecule has 182 valence electrons. The molecule has 2 aliphatic heterocycles. The van der Waals surface area contributed by atoms with E-state index in [1.165, 1.54) is 0 Å². The number of urea groups is 1. The lowest BCUT2D eigenvalue weighted by atomic mass is 9.84. The first-order valence-electron chi connectivity index (χ1n) is 11.5. The number of nitrogens with zero attached hydrogens (tertiary/aromatic N) is 2. The van der Waals surface area contributed by atoms with E-state index in [0.717, 1.165) is 10.5 Å². The minimum absolute atomic E-state index is 0.0453. The van der Waals surface area contributed by atoms with Crippen molar-refractivity contribution in [2.45, 2.75) is 77.4 Å². The van der Waals surface area contributed by atoms with Gasteiger partial charge in [-0.2, -0.15) is 0 Å². The largest absolute Gasteiger partial charge is 0.334 e. The van der Waals surface area contributed by atoms with E-state index in [2.05, 4.69) is 26.1 Å². The van der Waals surface area contributed by atoms with E-state index in [9.17, 15) is 22.8 Å². The molecule has 4 amide bonds. The molecule has 9 heteroatoms. The molecule has 1 aromatic rings. The first-order chi connectivity index (χ1) is 15.2. The minimum atomic E-state index is -3.19. The number of benzene rings is 1. The predicted molar refractivity (Wildman–Crippen MR) is 126 cm³/mol. The highest BCUT2D eigenvalue weighted by molar-refractivity contribution is 7.91. The lowest BCUT2D eigenvalue weighted by Gasteiger charge is -2.34. The van der Waals surface area contributed by atoms with Gasteiger partial charge in [0.25, 0.3) is 5.91 Å². The fourth-order valence-corrected chi connectivity index (χ4v) is 6.27. The van der Waals surface area contributed by atoms with Crippen molar-refractivity contribution in [1.29, 1.82) is 0 Å². The topological polar surface area (TPSA) is 104 Å². The molecule has 2 fully saturated rings. The summed E-state index contributed by atoms with van der Waals surface area (Å²) in [6.45, 7) is 11.3. The Morgan fingerprint density at radius 3 is 2.33 bits per heavy atom. The van der Waals surface area contributed by atoms with Gasteiger partial charge in [-0.15, -0.1) is 0 Å². The van der Waals surface area contributed by atoms with Crippen molar-refractivity contribution in [2.75, 3.05) is 18.1 Å². The molecule has 1 aromatic carbocycles. The van der Waals surface area contributed by atoms with Crippen LogP contribution < -0.4 is 5.32 Å². The Bertz CT molecular complexity index is 1040. The van der Waals surface area contributed by atoms with Crippen LogP contribution in [-0.2, 0) is 30.4 Å². The van der Waals surface area contributed by atoms with Crippen LogP contribution in [-0.4, -0.2) is 66.2 Å². The fraction of sp³-hybridized carbons (Fsp3) is 0.625. The van der Waals surface area contributed by atoms with E-state index in [-0.39, 0.29) is 23.0 Å². The van der Waals surface area contributed by atoms with Gasteiger partial charge in [0.1, 0.15) is 12.1 Å². The molecule has 33 heavy (non-hydrogen) atoms. The normalized spacial score (nSPS) is 25.8. The number of carbonyl (C=O) groups excluding carboxylic acids is 3. The lowest BCUT2D eigenvalue weighted by molar-refractivity contribution is -0.141. The van der Waals surface area contributed by atoms with Gasteiger partial charge in [-0.25, -0.2) is 13.2 Å². The first kappa shape index (κ1) is 25.2. The van der Waals surface area contributed by atoms with E-state index in [1.807, 2.05) is 38.1 Å². The molecule has 0 radical (unpaired) electrons. The third-order valence-corrected chi connectivity index (χ3v) is 8.60. The zero-order valence-electron chi connectivity index (χ0n) is 20.3.